The van der Waals surface area contributed by atoms with Crippen molar-refractivity contribution in [3.05, 3.63) is 22.5 Å². The number of nitrogens with zero attached hydrogens (tertiary/aromatic N) is 1. The monoisotopic (exact) mass is 251 g/mol. The summed E-state index contributed by atoms with van der Waals surface area (Å²) in [6, 6.07) is 1.19. The SMILES string of the molecule is COc1c(Cl)cc(CC(=O)O)nc1C(F)F. The third-order valence-corrected chi connectivity index (χ3v) is 2.03. The van der Waals surface area contributed by atoms with Crippen molar-refractivity contribution < 1.29 is 23.4 Å². The van der Waals surface area contributed by atoms with Crippen molar-refractivity contribution >= 4 is 17.6 Å². The van der Waals surface area contributed by atoms with Gasteiger partial charge in [0.25, 0.3) is 6.43 Å². The number of ether oxygens (including phenoxy) is 1. The summed E-state index contributed by atoms with van der Waals surface area (Å²) < 4.78 is 29.8. The zero-order valence-electron chi connectivity index (χ0n) is 8.21. The molecule has 0 atom stereocenters. The molecule has 88 valence electrons. The maximum Gasteiger partial charge on any atom is 0.309 e. The lowest BCUT2D eigenvalue weighted by molar-refractivity contribution is -0.136. The summed E-state index contributed by atoms with van der Waals surface area (Å²) in [5.74, 6) is -1.40. The Bertz CT molecular complexity index is 412. The van der Waals surface area contributed by atoms with Crippen LogP contribution in [-0.2, 0) is 11.2 Å². The Labute approximate surface area is 94.8 Å². The quantitative estimate of drug-likeness (QED) is 0.892. The minimum Gasteiger partial charge on any atom is -0.493 e. The number of hydrogen-bond donors (Lipinski definition) is 1. The third-order valence-electron chi connectivity index (χ3n) is 1.75. The Morgan fingerprint density at radius 3 is 2.75 bits per heavy atom. The minimum atomic E-state index is -2.87. The van der Waals surface area contributed by atoms with Crippen LogP contribution in [0.15, 0.2) is 6.07 Å². The van der Waals surface area contributed by atoms with Crippen LogP contribution < -0.4 is 4.74 Å². The molecule has 0 spiro atoms. The predicted octanol–water partition coefficient (Wildman–Crippen LogP) is 2.31. The second-order valence-corrected chi connectivity index (χ2v) is 3.29. The molecule has 0 saturated heterocycles. The number of methoxy groups -OCH3 is 1. The smallest absolute Gasteiger partial charge is 0.309 e. The third kappa shape index (κ3) is 2.79. The first-order valence-electron chi connectivity index (χ1n) is 4.19. The number of carboxylic acids is 1. The predicted molar refractivity (Wildman–Crippen MR) is 52.1 cm³/mol. The molecule has 1 rings (SSSR count). The molecule has 0 unspecified atom stereocenters. The van der Waals surface area contributed by atoms with Crippen LogP contribution in [0.5, 0.6) is 5.75 Å². The van der Waals surface area contributed by atoms with Crippen molar-refractivity contribution in [3.8, 4) is 5.75 Å². The molecule has 0 aromatic carbocycles. The molecule has 0 aliphatic rings. The summed E-state index contributed by atoms with van der Waals surface area (Å²) in [6.07, 6.45) is -3.34. The highest BCUT2D eigenvalue weighted by atomic mass is 35.5. The Morgan fingerprint density at radius 1 is 1.69 bits per heavy atom. The Kier molecular flexibility index (Phi) is 4.00. The zero-order chi connectivity index (χ0) is 12.3. The van der Waals surface area contributed by atoms with Crippen LogP contribution in [0.4, 0.5) is 8.78 Å². The number of pyridine rings is 1. The summed E-state index contributed by atoms with van der Waals surface area (Å²) in [7, 11) is 1.19. The van der Waals surface area contributed by atoms with Crippen LogP contribution >= 0.6 is 11.6 Å². The standard InChI is InChI=1S/C9H8ClF2NO3/c1-16-8-5(10)2-4(3-6(14)15)13-7(8)9(11)12/h2,9H,3H2,1H3,(H,14,15). The molecule has 1 aromatic heterocycles. The van der Waals surface area contributed by atoms with Gasteiger partial charge in [-0.05, 0) is 6.07 Å². The van der Waals surface area contributed by atoms with Gasteiger partial charge >= 0.3 is 5.97 Å². The summed E-state index contributed by atoms with van der Waals surface area (Å²) in [6.45, 7) is 0. The van der Waals surface area contributed by atoms with E-state index in [4.69, 9.17) is 16.7 Å². The molecule has 0 aliphatic carbocycles. The first-order valence-corrected chi connectivity index (χ1v) is 4.56. The molecule has 4 nitrogen and oxygen atoms in total. The highest BCUT2D eigenvalue weighted by molar-refractivity contribution is 6.32. The number of carboxylic acid groups (broad SMARTS) is 1. The van der Waals surface area contributed by atoms with Crippen molar-refractivity contribution in [2.75, 3.05) is 7.11 Å². The van der Waals surface area contributed by atoms with E-state index in [0.29, 0.717) is 0 Å². The van der Waals surface area contributed by atoms with Crippen LogP contribution in [0.1, 0.15) is 17.8 Å². The van der Waals surface area contributed by atoms with Gasteiger partial charge in [-0.1, -0.05) is 11.6 Å². The molecule has 0 saturated carbocycles. The maximum atomic E-state index is 12.6. The lowest BCUT2D eigenvalue weighted by Gasteiger charge is -2.10. The highest BCUT2D eigenvalue weighted by Gasteiger charge is 2.20. The van der Waals surface area contributed by atoms with Gasteiger partial charge in [-0.25, -0.2) is 13.8 Å². The number of rotatable bonds is 4. The van der Waals surface area contributed by atoms with E-state index in [1.807, 2.05) is 0 Å². The van der Waals surface area contributed by atoms with Crippen LogP contribution in [0.2, 0.25) is 5.02 Å². The highest BCUT2D eigenvalue weighted by Crippen LogP contribution is 2.34. The molecular weight excluding hydrogens is 244 g/mol. The topological polar surface area (TPSA) is 59.4 Å². The van der Waals surface area contributed by atoms with E-state index in [9.17, 15) is 13.6 Å². The van der Waals surface area contributed by atoms with Gasteiger partial charge in [-0.3, -0.25) is 4.79 Å². The molecule has 16 heavy (non-hydrogen) atoms. The lowest BCUT2D eigenvalue weighted by Crippen LogP contribution is -2.06. The Balaban J connectivity index is 3.22. The fourth-order valence-electron chi connectivity index (χ4n) is 1.17. The molecule has 0 bridgehead atoms. The first kappa shape index (κ1) is 12.6. The maximum absolute atomic E-state index is 12.6. The number of aromatic nitrogens is 1. The molecular formula is C9H8ClF2NO3. The van der Waals surface area contributed by atoms with E-state index in [-0.39, 0.29) is 16.5 Å². The molecule has 0 aliphatic heterocycles. The van der Waals surface area contributed by atoms with E-state index in [0.717, 1.165) is 0 Å². The zero-order valence-corrected chi connectivity index (χ0v) is 8.96. The van der Waals surface area contributed by atoms with Crippen LogP contribution in [0.25, 0.3) is 0 Å². The number of alkyl halides is 2. The van der Waals surface area contributed by atoms with Gasteiger partial charge in [0.15, 0.2) is 5.75 Å². The molecule has 0 radical (unpaired) electrons. The van der Waals surface area contributed by atoms with Crippen LogP contribution in [0, 0.1) is 0 Å². The fraction of sp³-hybridized carbons (Fsp3) is 0.333. The van der Waals surface area contributed by atoms with Gasteiger partial charge < -0.3 is 9.84 Å². The number of hydrogen-bond acceptors (Lipinski definition) is 3. The van der Waals surface area contributed by atoms with Gasteiger partial charge in [-0.15, -0.1) is 0 Å². The van der Waals surface area contributed by atoms with Crippen LogP contribution in [-0.4, -0.2) is 23.2 Å². The van der Waals surface area contributed by atoms with Gasteiger partial charge in [0.1, 0.15) is 5.69 Å². The summed E-state index contributed by atoms with van der Waals surface area (Å²) in [5, 5.41) is 8.43. The summed E-state index contributed by atoms with van der Waals surface area (Å²) in [4.78, 5) is 13.9. The lowest BCUT2D eigenvalue weighted by atomic mass is 10.2. The van der Waals surface area contributed by atoms with Gasteiger partial charge in [0, 0.05) is 0 Å². The molecule has 0 fully saturated rings. The van der Waals surface area contributed by atoms with Gasteiger partial charge in [0.2, 0.25) is 0 Å². The molecule has 1 aromatic rings. The van der Waals surface area contributed by atoms with Gasteiger partial charge in [-0.2, -0.15) is 0 Å². The van der Waals surface area contributed by atoms with E-state index in [1.165, 1.54) is 13.2 Å². The Morgan fingerprint density at radius 2 is 2.31 bits per heavy atom. The van der Waals surface area contributed by atoms with Crippen molar-refractivity contribution in [1.82, 2.24) is 4.98 Å². The normalized spacial score (nSPS) is 10.6. The van der Waals surface area contributed by atoms with E-state index < -0.39 is 24.5 Å². The van der Waals surface area contributed by atoms with E-state index in [1.54, 1.807) is 0 Å². The summed E-state index contributed by atoms with van der Waals surface area (Å²) >= 11 is 5.67. The first-order chi connectivity index (χ1) is 7.45. The average molecular weight is 252 g/mol. The van der Waals surface area contributed by atoms with Crippen molar-refractivity contribution in [2.24, 2.45) is 0 Å². The van der Waals surface area contributed by atoms with Crippen molar-refractivity contribution in [3.63, 3.8) is 0 Å². The van der Waals surface area contributed by atoms with Gasteiger partial charge in [0.05, 0.1) is 24.2 Å². The number of halogens is 3. The fourth-order valence-corrected chi connectivity index (χ4v) is 1.47. The average Bonchev–Trinajstić information content (AvgIpc) is 2.15. The number of carbonyl (C=O) groups is 1. The van der Waals surface area contributed by atoms with E-state index >= 15 is 0 Å². The second-order valence-electron chi connectivity index (χ2n) is 2.89. The molecule has 1 heterocycles. The minimum absolute atomic E-state index is 0.0337. The van der Waals surface area contributed by atoms with Crippen molar-refractivity contribution in [1.29, 1.82) is 0 Å². The largest absolute Gasteiger partial charge is 0.493 e. The van der Waals surface area contributed by atoms with Crippen LogP contribution in [0.3, 0.4) is 0 Å². The second kappa shape index (κ2) is 5.07. The molecule has 1 N–H and O–H groups in total. The molecule has 0 amide bonds. The van der Waals surface area contributed by atoms with E-state index in [2.05, 4.69) is 9.72 Å². The molecule has 7 heteroatoms. The Hall–Kier alpha value is -1.43. The van der Waals surface area contributed by atoms with Crippen molar-refractivity contribution in [2.45, 2.75) is 12.8 Å². The number of aliphatic carboxylic acids is 1. The summed E-state index contributed by atoms with van der Waals surface area (Å²) in [5.41, 5.74) is -0.681.